The van der Waals surface area contributed by atoms with Gasteiger partial charge >= 0.3 is 12.0 Å². The first-order chi connectivity index (χ1) is 12.1. The predicted octanol–water partition coefficient (Wildman–Crippen LogP) is 1.71. The zero-order valence-electron chi connectivity index (χ0n) is 14.3. The highest BCUT2D eigenvalue weighted by atomic mass is 16.6. The lowest BCUT2D eigenvalue weighted by atomic mass is 9.93. The van der Waals surface area contributed by atoms with Crippen LogP contribution in [0.5, 0.6) is 5.75 Å². The molecule has 0 aromatic heterocycles. The first-order valence-corrected chi connectivity index (χ1v) is 7.80. The summed E-state index contributed by atoms with van der Waals surface area (Å²) in [7, 11) is 3.10. The highest BCUT2D eigenvalue weighted by Crippen LogP contribution is 2.23. The molecule has 7 heteroatoms. The van der Waals surface area contributed by atoms with Crippen LogP contribution in [0.1, 0.15) is 5.56 Å². The maximum atomic E-state index is 12.3. The second-order valence-corrected chi connectivity index (χ2v) is 5.39. The topological polar surface area (TPSA) is 85.9 Å². The van der Waals surface area contributed by atoms with E-state index >= 15 is 0 Å². The van der Waals surface area contributed by atoms with Gasteiger partial charge in [-0.3, -0.25) is 4.79 Å². The number of esters is 1. The van der Waals surface area contributed by atoms with Crippen molar-refractivity contribution < 1.29 is 23.8 Å². The number of methoxy groups -OCH3 is 2. The fourth-order valence-corrected chi connectivity index (χ4v) is 2.49. The zero-order valence-corrected chi connectivity index (χ0v) is 14.3. The molecule has 1 saturated heterocycles. The predicted molar refractivity (Wildman–Crippen MR) is 92.9 cm³/mol. The van der Waals surface area contributed by atoms with Crippen LogP contribution in [-0.2, 0) is 14.3 Å². The number of hydrogen-bond acceptors (Lipinski definition) is 5. The third kappa shape index (κ3) is 4.84. The van der Waals surface area contributed by atoms with Gasteiger partial charge in [0.1, 0.15) is 18.3 Å². The molecule has 0 aliphatic carbocycles. The van der Waals surface area contributed by atoms with Gasteiger partial charge in [0, 0.05) is 18.4 Å². The fourth-order valence-electron chi connectivity index (χ4n) is 2.49. The van der Waals surface area contributed by atoms with E-state index in [1.807, 2.05) is 24.3 Å². The number of carbonyl (C=O) groups excluding carboxylic acids is 2. The summed E-state index contributed by atoms with van der Waals surface area (Å²) in [5.74, 6) is -0.526. The Labute approximate surface area is 146 Å². The normalized spacial score (nSPS) is 20.1. The molecule has 1 aliphatic heterocycles. The molecule has 25 heavy (non-hydrogen) atoms. The number of carbonyl (C=O) groups is 2. The Bertz CT molecular complexity index is 671. The summed E-state index contributed by atoms with van der Waals surface area (Å²) >= 11 is 0. The Morgan fingerprint density at radius 3 is 2.76 bits per heavy atom. The van der Waals surface area contributed by atoms with Crippen molar-refractivity contribution in [3.8, 4) is 5.75 Å². The van der Waals surface area contributed by atoms with Crippen molar-refractivity contribution in [1.82, 2.24) is 10.6 Å². The molecule has 134 valence electrons. The van der Waals surface area contributed by atoms with Crippen LogP contribution < -0.4 is 15.4 Å². The van der Waals surface area contributed by atoms with E-state index < -0.39 is 24.0 Å². The third-order valence-corrected chi connectivity index (χ3v) is 3.71. The van der Waals surface area contributed by atoms with Gasteiger partial charge in [-0.25, -0.2) is 4.79 Å². The number of hydrogen-bond donors (Lipinski definition) is 2. The maximum absolute atomic E-state index is 12.3. The minimum atomic E-state index is -0.736. The number of amides is 2. The van der Waals surface area contributed by atoms with Crippen LogP contribution in [0.15, 0.2) is 42.6 Å². The van der Waals surface area contributed by atoms with Gasteiger partial charge in [-0.15, -0.1) is 0 Å². The summed E-state index contributed by atoms with van der Waals surface area (Å²) in [4.78, 5) is 24.1. The summed E-state index contributed by atoms with van der Waals surface area (Å²) < 4.78 is 15.3. The molecule has 1 heterocycles. The van der Waals surface area contributed by atoms with Gasteiger partial charge in [-0.05, 0) is 6.07 Å². The van der Waals surface area contributed by atoms with Crippen LogP contribution in [0.2, 0.25) is 0 Å². The molecule has 0 radical (unpaired) electrons. The van der Waals surface area contributed by atoms with Crippen LogP contribution in [0, 0.1) is 5.92 Å². The van der Waals surface area contributed by atoms with Gasteiger partial charge in [-0.1, -0.05) is 36.9 Å². The van der Waals surface area contributed by atoms with Gasteiger partial charge in [0.25, 0.3) is 0 Å². The molecule has 0 bridgehead atoms. The van der Waals surface area contributed by atoms with E-state index in [2.05, 4.69) is 17.2 Å². The SMILES string of the molecule is C=C1NC(=O)N[C@H](/C=C/c2ccccc2OC)[C@H]1C(=O)OCCOC. The number of rotatable bonds is 7. The molecule has 1 fully saturated rings. The molecular formula is C18H22N2O5. The number of para-hydroxylation sites is 1. The van der Waals surface area contributed by atoms with Crippen molar-refractivity contribution in [2.45, 2.75) is 6.04 Å². The molecule has 2 rings (SSSR count). The molecule has 0 saturated carbocycles. The van der Waals surface area contributed by atoms with E-state index in [4.69, 9.17) is 14.2 Å². The second kappa shape index (κ2) is 8.89. The van der Waals surface area contributed by atoms with Crippen LogP contribution in [-0.4, -0.2) is 45.5 Å². The van der Waals surface area contributed by atoms with Crippen molar-refractivity contribution >= 4 is 18.1 Å². The summed E-state index contributed by atoms with van der Waals surface area (Å²) in [5, 5.41) is 5.22. The summed E-state index contributed by atoms with van der Waals surface area (Å²) in [6.07, 6.45) is 3.52. The summed E-state index contributed by atoms with van der Waals surface area (Å²) in [5.41, 5.74) is 1.12. The fraction of sp³-hybridized carbons (Fsp3) is 0.333. The molecule has 0 unspecified atom stereocenters. The van der Waals surface area contributed by atoms with Crippen LogP contribution in [0.25, 0.3) is 6.08 Å². The Kier molecular flexibility index (Phi) is 6.59. The molecule has 1 aliphatic rings. The summed E-state index contributed by atoms with van der Waals surface area (Å²) in [6, 6.07) is 6.44. The van der Waals surface area contributed by atoms with E-state index in [1.165, 1.54) is 7.11 Å². The quantitative estimate of drug-likeness (QED) is 0.580. The Morgan fingerprint density at radius 2 is 2.04 bits per heavy atom. The third-order valence-electron chi connectivity index (χ3n) is 3.71. The van der Waals surface area contributed by atoms with Crippen molar-refractivity contribution in [1.29, 1.82) is 0 Å². The van der Waals surface area contributed by atoms with E-state index in [9.17, 15) is 9.59 Å². The van der Waals surface area contributed by atoms with Crippen molar-refractivity contribution in [2.75, 3.05) is 27.4 Å². The second-order valence-electron chi connectivity index (χ2n) is 5.39. The molecular weight excluding hydrogens is 324 g/mol. The number of benzene rings is 1. The minimum absolute atomic E-state index is 0.135. The Hall–Kier alpha value is -2.80. The van der Waals surface area contributed by atoms with Gasteiger partial charge in [0.15, 0.2) is 0 Å². The Morgan fingerprint density at radius 1 is 1.28 bits per heavy atom. The molecule has 1 aromatic carbocycles. The first kappa shape index (κ1) is 18.5. The molecule has 7 nitrogen and oxygen atoms in total. The highest BCUT2D eigenvalue weighted by Gasteiger charge is 2.36. The molecule has 2 atom stereocenters. The van der Waals surface area contributed by atoms with E-state index in [0.717, 1.165) is 5.56 Å². The lowest BCUT2D eigenvalue weighted by Gasteiger charge is -2.31. The minimum Gasteiger partial charge on any atom is -0.496 e. The van der Waals surface area contributed by atoms with Gasteiger partial charge in [0.05, 0.1) is 19.8 Å². The average Bonchev–Trinajstić information content (AvgIpc) is 2.59. The number of nitrogens with one attached hydrogen (secondary N) is 2. The van der Waals surface area contributed by atoms with E-state index in [0.29, 0.717) is 18.1 Å². The van der Waals surface area contributed by atoms with Crippen LogP contribution in [0.4, 0.5) is 4.79 Å². The van der Waals surface area contributed by atoms with Gasteiger partial charge < -0.3 is 24.8 Å². The van der Waals surface area contributed by atoms with Crippen molar-refractivity contribution in [3.63, 3.8) is 0 Å². The first-order valence-electron chi connectivity index (χ1n) is 7.80. The number of ether oxygens (including phenoxy) is 3. The smallest absolute Gasteiger partial charge is 0.319 e. The average molecular weight is 346 g/mol. The highest BCUT2D eigenvalue weighted by molar-refractivity contribution is 5.85. The van der Waals surface area contributed by atoms with Gasteiger partial charge in [0.2, 0.25) is 0 Å². The lowest BCUT2D eigenvalue weighted by Crippen LogP contribution is -2.55. The molecule has 0 spiro atoms. The van der Waals surface area contributed by atoms with E-state index in [1.54, 1.807) is 19.3 Å². The Balaban J connectivity index is 2.18. The van der Waals surface area contributed by atoms with Gasteiger partial charge in [-0.2, -0.15) is 0 Å². The zero-order chi connectivity index (χ0) is 18.2. The van der Waals surface area contributed by atoms with Crippen LogP contribution >= 0.6 is 0 Å². The summed E-state index contributed by atoms with van der Waals surface area (Å²) in [6.45, 7) is 4.20. The molecule has 2 amide bonds. The largest absolute Gasteiger partial charge is 0.496 e. The lowest BCUT2D eigenvalue weighted by molar-refractivity contribution is -0.149. The monoisotopic (exact) mass is 346 g/mol. The van der Waals surface area contributed by atoms with Crippen molar-refractivity contribution in [3.05, 3.63) is 48.2 Å². The standard InChI is InChI=1S/C18H22N2O5/c1-12-16(17(21)25-11-10-23-2)14(20-18(22)19-12)9-8-13-6-4-5-7-15(13)24-3/h4-9,14,16H,1,10-11H2,2-3H3,(H2,19,20,22)/b9-8+/t14-,16+/m1/s1. The molecule has 1 aromatic rings. The van der Waals surface area contributed by atoms with Crippen molar-refractivity contribution in [2.24, 2.45) is 5.92 Å². The number of urea groups is 1. The van der Waals surface area contributed by atoms with E-state index in [-0.39, 0.29) is 6.61 Å². The van der Waals surface area contributed by atoms with Crippen LogP contribution in [0.3, 0.4) is 0 Å². The maximum Gasteiger partial charge on any atom is 0.319 e. The molecule has 2 N–H and O–H groups in total.